The summed E-state index contributed by atoms with van der Waals surface area (Å²) >= 11 is 0. The Balaban J connectivity index is 1.80. The highest BCUT2D eigenvalue weighted by molar-refractivity contribution is 5.77. The van der Waals surface area contributed by atoms with E-state index < -0.39 is 0 Å². The van der Waals surface area contributed by atoms with Gasteiger partial charge in [-0.3, -0.25) is 9.78 Å². The van der Waals surface area contributed by atoms with E-state index in [1.165, 1.54) is 0 Å². The molecule has 0 bridgehead atoms. The fraction of sp³-hybridized carbons (Fsp3) is 0.190. The summed E-state index contributed by atoms with van der Waals surface area (Å²) in [6.45, 7) is 0. The third-order valence-electron chi connectivity index (χ3n) is 4.15. The zero-order chi connectivity index (χ0) is 21.5. The van der Waals surface area contributed by atoms with Crippen LogP contribution in [-0.2, 0) is 11.2 Å². The molecular weight excluding hydrogens is 386 g/mol. The predicted molar refractivity (Wildman–Crippen MR) is 114 cm³/mol. The van der Waals surface area contributed by atoms with Crippen LogP contribution in [-0.4, -0.2) is 37.2 Å². The minimum atomic E-state index is -0.386. The first-order valence-corrected chi connectivity index (χ1v) is 9.05. The lowest BCUT2D eigenvalue weighted by molar-refractivity contribution is -0.117. The van der Waals surface area contributed by atoms with Crippen molar-refractivity contribution < 1.29 is 19.0 Å². The van der Waals surface area contributed by atoms with Gasteiger partial charge in [-0.15, -0.1) is 0 Å². The minimum Gasteiger partial charge on any atom is -0.493 e. The molecule has 0 atom stereocenters. The van der Waals surface area contributed by atoms with Crippen LogP contribution in [0, 0.1) is 0 Å². The molecule has 1 heterocycles. The van der Waals surface area contributed by atoms with Crippen LogP contribution in [0.2, 0.25) is 0 Å². The van der Waals surface area contributed by atoms with Gasteiger partial charge in [-0.1, -0.05) is 12.1 Å². The number of hydrogen-bond donors (Lipinski definition) is 3. The van der Waals surface area contributed by atoms with Crippen LogP contribution in [0.25, 0.3) is 0 Å². The highest BCUT2D eigenvalue weighted by Gasteiger charge is 2.13. The third-order valence-corrected chi connectivity index (χ3v) is 4.15. The molecule has 1 amide bonds. The molecule has 9 heteroatoms. The maximum Gasteiger partial charge on any atom is 0.221 e. The van der Waals surface area contributed by atoms with Gasteiger partial charge in [0, 0.05) is 23.5 Å². The number of aromatic nitrogens is 2. The molecule has 30 heavy (non-hydrogen) atoms. The van der Waals surface area contributed by atoms with Gasteiger partial charge in [0.05, 0.1) is 40.1 Å². The highest BCUT2D eigenvalue weighted by atomic mass is 16.5. The van der Waals surface area contributed by atoms with Crippen molar-refractivity contribution in [3.8, 4) is 17.2 Å². The van der Waals surface area contributed by atoms with Gasteiger partial charge in [-0.2, -0.15) is 0 Å². The summed E-state index contributed by atoms with van der Waals surface area (Å²) in [4.78, 5) is 19.9. The predicted octanol–water partition coefficient (Wildman–Crippen LogP) is 3.02. The van der Waals surface area contributed by atoms with Crippen molar-refractivity contribution in [2.45, 2.75) is 6.42 Å². The number of rotatable bonds is 9. The normalized spacial score (nSPS) is 10.2. The smallest absolute Gasteiger partial charge is 0.221 e. The van der Waals surface area contributed by atoms with Crippen molar-refractivity contribution >= 4 is 28.9 Å². The van der Waals surface area contributed by atoms with Crippen LogP contribution >= 0.6 is 0 Å². The molecule has 156 valence electrons. The minimum absolute atomic E-state index is 0.171. The Morgan fingerprint density at radius 1 is 0.933 bits per heavy atom. The van der Waals surface area contributed by atoms with E-state index in [4.69, 9.17) is 19.9 Å². The number of nitrogens with two attached hydrogens (primary N) is 1. The number of ether oxygens (including phenoxy) is 3. The van der Waals surface area contributed by atoms with Gasteiger partial charge >= 0.3 is 0 Å². The van der Waals surface area contributed by atoms with Crippen molar-refractivity contribution in [1.29, 1.82) is 0 Å². The Morgan fingerprint density at radius 3 is 2.13 bits per heavy atom. The van der Waals surface area contributed by atoms with E-state index in [1.807, 2.05) is 24.3 Å². The number of amides is 1. The Bertz CT molecular complexity index is 1020. The zero-order valence-corrected chi connectivity index (χ0v) is 16.9. The van der Waals surface area contributed by atoms with Crippen LogP contribution < -0.4 is 30.6 Å². The zero-order valence-electron chi connectivity index (χ0n) is 16.9. The standard InChI is InChI=1S/C21H23N5O4/c1-28-16-9-15(10-17(29-2)21(16)30-3)25-20-12-23-11-19(26-20)24-14-6-4-5-13(7-14)8-18(22)27/h4-7,9-12H,8H2,1-3H3,(H2,22,27)(H2,24,25,26). The summed E-state index contributed by atoms with van der Waals surface area (Å²) in [6, 6.07) is 10.9. The second kappa shape index (κ2) is 9.46. The number of methoxy groups -OCH3 is 3. The second-order valence-electron chi connectivity index (χ2n) is 6.30. The summed E-state index contributed by atoms with van der Waals surface area (Å²) in [5.41, 5.74) is 7.54. The molecule has 2 aromatic carbocycles. The molecule has 0 spiro atoms. The number of primary amides is 1. The molecule has 0 saturated heterocycles. The lowest BCUT2D eigenvalue weighted by atomic mass is 10.1. The first-order valence-electron chi connectivity index (χ1n) is 9.05. The average Bonchev–Trinajstić information content (AvgIpc) is 2.73. The summed E-state index contributed by atoms with van der Waals surface area (Å²) in [5, 5.41) is 6.35. The second-order valence-corrected chi connectivity index (χ2v) is 6.30. The van der Waals surface area contributed by atoms with Gasteiger partial charge in [-0.05, 0) is 17.7 Å². The third kappa shape index (κ3) is 5.07. The van der Waals surface area contributed by atoms with Gasteiger partial charge < -0.3 is 30.6 Å². The van der Waals surface area contributed by atoms with Crippen molar-refractivity contribution in [2.24, 2.45) is 5.73 Å². The Kier molecular flexibility index (Phi) is 6.53. The summed E-state index contributed by atoms with van der Waals surface area (Å²) in [7, 11) is 4.65. The summed E-state index contributed by atoms with van der Waals surface area (Å²) in [5.74, 6) is 2.21. The summed E-state index contributed by atoms with van der Waals surface area (Å²) in [6.07, 6.45) is 3.36. The molecule has 0 saturated carbocycles. The van der Waals surface area contributed by atoms with Crippen molar-refractivity contribution in [3.63, 3.8) is 0 Å². The largest absolute Gasteiger partial charge is 0.493 e. The van der Waals surface area contributed by atoms with E-state index in [1.54, 1.807) is 45.9 Å². The molecule has 0 aliphatic heterocycles. The Labute approximate surface area is 174 Å². The molecule has 4 N–H and O–H groups in total. The Hall–Kier alpha value is -4.01. The molecule has 0 aliphatic rings. The molecule has 9 nitrogen and oxygen atoms in total. The van der Waals surface area contributed by atoms with E-state index in [9.17, 15) is 4.79 Å². The Morgan fingerprint density at radius 2 is 1.57 bits per heavy atom. The quantitative estimate of drug-likeness (QED) is 0.493. The summed E-state index contributed by atoms with van der Waals surface area (Å²) < 4.78 is 16.1. The number of hydrogen-bond acceptors (Lipinski definition) is 8. The number of anilines is 4. The van der Waals surface area contributed by atoms with Crippen LogP contribution in [0.15, 0.2) is 48.8 Å². The molecule has 0 aliphatic carbocycles. The number of nitrogens with one attached hydrogen (secondary N) is 2. The van der Waals surface area contributed by atoms with Crippen LogP contribution in [0.4, 0.5) is 23.0 Å². The molecule has 3 rings (SSSR count). The van der Waals surface area contributed by atoms with Crippen molar-refractivity contribution in [3.05, 3.63) is 54.4 Å². The fourth-order valence-electron chi connectivity index (χ4n) is 2.90. The van der Waals surface area contributed by atoms with Crippen LogP contribution in [0.1, 0.15) is 5.56 Å². The lowest BCUT2D eigenvalue weighted by Crippen LogP contribution is -2.13. The van der Waals surface area contributed by atoms with Gasteiger partial charge in [0.2, 0.25) is 11.7 Å². The molecular formula is C21H23N5O4. The first kappa shape index (κ1) is 20.7. The fourth-order valence-corrected chi connectivity index (χ4v) is 2.90. The molecule has 0 fully saturated rings. The molecule has 0 radical (unpaired) electrons. The average molecular weight is 409 g/mol. The van der Waals surface area contributed by atoms with E-state index in [0.717, 1.165) is 11.3 Å². The van der Waals surface area contributed by atoms with Crippen molar-refractivity contribution in [2.75, 3.05) is 32.0 Å². The number of nitrogens with zero attached hydrogens (tertiary/aromatic N) is 2. The van der Waals surface area contributed by atoms with E-state index in [-0.39, 0.29) is 12.3 Å². The van der Waals surface area contributed by atoms with E-state index in [0.29, 0.717) is 34.6 Å². The SMILES string of the molecule is COc1cc(Nc2cncc(Nc3cccc(CC(N)=O)c3)n2)cc(OC)c1OC. The van der Waals surface area contributed by atoms with Gasteiger partial charge in [0.1, 0.15) is 0 Å². The highest BCUT2D eigenvalue weighted by Crippen LogP contribution is 2.40. The maximum absolute atomic E-state index is 11.1. The van der Waals surface area contributed by atoms with E-state index >= 15 is 0 Å². The van der Waals surface area contributed by atoms with Gasteiger partial charge in [0.25, 0.3) is 0 Å². The lowest BCUT2D eigenvalue weighted by Gasteiger charge is -2.15. The maximum atomic E-state index is 11.1. The van der Waals surface area contributed by atoms with Crippen molar-refractivity contribution in [1.82, 2.24) is 9.97 Å². The molecule has 1 aromatic heterocycles. The topological polar surface area (TPSA) is 121 Å². The number of benzene rings is 2. The number of carbonyl (C=O) groups is 1. The number of carbonyl (C=O) groups excluding carboxylic acids is 1. The van der Waals surface area contributed by atoms with Crippen LogP contribution in [0.5, 0.6) is 17.2 Å². The molecule has 0 unspecified atom stereocenters. The van der Waals surface area contributed by atoms with Gasteiger partial charge in [-0.25, -0.2) is 4.98 Å². The van der Waals surface area contributed by atoms with Crippen LogP contribution in [0.3, 0.4) is 0 Å². The molecule has 3 aromatic rings. The first-order chi connectivity index (χ1) is 14.5. The van der Waals surface area contributed by atoms with Gasteiger partial charge in [0.15, 0.2) is 23.1 Å². The van der Waals surface area contributed by atoms with E-state index in [2.05, 4.69) is 20.6 Å². The monoisotopic (exact) mass is 409 g/mol.